The highest BCUT2D eigenvalue weighted by atomic mass is 16.5. The highest BCUT2D eigenvalue weighted by molar-refractivity contribution is 6.05. The molecule has 2 fully saturated rings. The predicted molar refractivity (Wildman–Crippen MR) is 183 cm³/mol. The number of ether oxygens (including phenoxy) is 1. The first kappa shape index (κ1) is 32.1. The molecule has 6 rings (SSSR count). The number of amides is 2. The van der Waals surface area contributed by atoms with E-state index >= 15 is 0 Å². The van der Waals surface area contributed by atoms with Gasteiger partial charge in [-0.25, -0.2) is 4.98 Å². The van der Waals surface area contributed by atoms with Crippen LogP contribution in [0.2, 0.25) is 0 Å². The monoisotopic (exact) mass is 635 g/mol. The average molecular weight is 636 g/mol. The van der Waals surface area contributed by atoms with Crippen LogP contribution in [0.4, 0.5) is 17.2 Å². The number of carbonyl (C=O) groups excluding carboxylic acids is 2. The predicted octanol–water partition coefficient (Wildman–Crippen LogP) is 3.97. The summed E-state index contributed by atoms with van der Waals surface area (Å²) >= 11 is 0. The van der Waals surface area contributed by atoms with Gasteiger partial charge in [-0.05, 0) is 67.6 Å². The summed E-state index contributed by atoms with van der Waals surface area (Å²) in [5.74, 6) is -0.0814. The molecule has 47 heavy (non-hydrogen) atoms. The van der Waals surface area contributed by atoms with Crippen molar-refractivity contribution in [1.29, 1.82) is 0 Å². The SMILES string of the molecule is Cc1c(NC(=O)c2ccc(CN3CCN(C)CC3)cc2)cccc1-c1cn(C)c(=O)c(Nc2ccc(C(=O)N3CCOCC3)cc2)n1. The Morgan fingerprint density at radius 2 is 1.53 bits per heavy atom. The molecular formula is C36H41N7O4. The molecule has 0 unspecified atom stereocenters. The normalized spacial score (nSPS) is 15.8. The van der Waals surface area contributed by atoms with E-state index in [4.69, 9.17) is 4.74 Å². The van der Waals surface area contributed by atoms with Crippen LogP contribution in [0.1, 0.15) is 31.8 Å². The number of aryl methyl sites for hydroxylation is 1. The Hall–Kier alpha value is -4.84. The maximum Gasteiger partial charge on any atom is 0.293 e. The second kappa shape index (κ2) is 14.3. The van der Waals surface area contributed by atoms with Gasteiger partial charge in [0.2, 0.25) is 0 Å². The average Bonchev–Trinajstić information content (AvgIpc) is 3.09. The Morgan fingerprint density at radius 1 is 0.851 bits per heavy atom. The second-order valence-electron chi connectivity index (χ2n) is 12.2. The number of anilines is 3. The molecule has 0 bridgehead atoms. The number of rotatable bonds is 8. The number of piperazine rings is 1. The summed E-state index contributed by atoms with van der Waals surface area (Å²) in [6.45, 7) is 9.24. The van der Waals surface area contributed by atoms with Gasteiger partial charge in [0, 0.05) is 87.1 Å². The number of nitrogens with one attached hydrogen (secondary N) is 2. The number of nitrogens with zero attached hydrogens (tertiary/aromatic N) is 5. The molecule has 2 saturated heterocycles. The second-order valence-corrected chi connectivity index (χ2v) is 12.2. The van der Waals surface area contributed by atoms with Crippen LogP contribution in [-0.4, -0.2) is 95.6 Å². The molecule has 244 valence electrons. The van der Waals surface area contributed by atoms with E-state index in [0.717, 1.165) is 43.9 Å². The molecule has 3 heterocycles. The van der Waals surface area contributed by atoms with Gasteiger partial charge in [-0.2, -0.15) is 0 Å². The molecule has 2 aliphatic heterocycles. The van der Waals surface area contributed by atoms with Crippen molar-refractivity contribution in [2.24, 2.45) is 7.05 Å². The molecule has 0 atom stereocenters. The standard InChI is InChI=1S/C36H41N7O4/c1-25-30(5-4-6-31(25)39-34(44)27-9-7-26(8-10-27)23-42-17-15-40(2)16-18-42)32-24-41(3)36(46)33(38-32)37-29-13-11-28(12-14-29)35(45)43-19-21-47-22-20-43/h4-14,24H,15-23H2,1-3H3,(H,37,38)(H,39,44). The lowest BCUT2D eigenvalue weighted by Crippen LogP contribution is -2.43. The highest BCUT2D eigenvalue weighted by Crippen LogP contribution is 2.28. The molecule has 0 saturated carbocycles. The van der Waals surface area contributed by atoms with Crippen molar-refractivity contribution in [3.05, 3.63) is 106 Å². The fraction of sp³-hybridized carbons (Fsp3) is 0.333. The third-order valence-electron chi connectivity index (χ3n) is 8.84. The molecule has 11 nitrogen and oxygen atoms in total. The minimum Gasteiger partial charge on any atom is -0.378 e. The lowest BCUT2D eigenvalue weighted by molar-refractivity contribution is 0.0303. The molecular weight excluding hydrogens is 594 g/mol. The molecule has 0 aliphatic carbocycles. The van der Waals surface area contributed by atoms with Gasteiger partial charge in [0.25, 0.3) is 17.4 Å². The zero-order chi connectivity index (χ0) is 32.9. The smallest absolute Gasteiger partial charge is 0.293 e. The summed E-state index contributed by atoms with van der Waals surface area (Å²) in [7, 11) is 3.83. The zero-order valence-electron chi connectivity index (χ0n) is 27.2. The molecule has 1 aromatic heterocycles. The minimum atomic E-state index is -0.291. The maximum atomic E-state index is 13.2. The third-order valence-corrected chi connectivity index (χ3v) is 8.84. The molecule has 3 aromatic carbocycles. The van der Waals surface area contributed by atoms with Crippen LogP contribution in [0.25, 0.3) is 11.3 Å². The Balaban J connectivity index is 1.15. The lowest BCUT2D eigenvalue weighted by Gasteiger charge is -2.32. The van der Waals surface area contributed by atoms with Crippen molar-refractivity contribution in [2.45, 2.75) is 13.5 Å². The quantitative estimate of drug-likeness (QED) is 0.299. The van der Waals surface area contributed by atoms with Crippen molar-refractivity contribution >= 4 is 29.0 Å². The van der Waals surface area contributed by atoms with Gasteiger partial charge >= 0.3 is 0 Å². The fourth-order valence-corrected chi connectivity index (χ4v) is 5.87. The van der Waals surface area contributed by atoms with Crippen LogP contribution in [0.15, 0.2) is 77.7 Å². The Labute approximate surface area is 274 Å². The van der Waals surface area contributed by atoms with Gasteiger partial charge in [0.05, 0.1) is 18.9 Å². The van der Waals surface area contributed by atoms with Crippen molar-refractivity contribution in [2.75, 3.05) is 70.2 Å². The van der Waals surface area contributed by atoms with E-state index < -0.39 is 0 Å². The van der Waals surface area contributed by atoms with Crippen molar-refractivity contribution in [3.63, 3.8) is 0 Å². The van der Waals surface area contributed by atoms with Crippen LogP contribution in [-0.2, 0) is 18.3 Å². The summed E-state index contributed by atoms with van der Waals surface area (Å²) in [5.41, 5.74) is 5.55. The van der Waals surface area contributed by atoms with E-state index in [0.29, 0.717) is 54.5 Å². The number of carbonyl (C=O) groups is 2. The summed E-state index contributed by atoms with van der Waals surface area (Å²) in [6.07, 6.45) is 1.69. The number of hydrogen-bond donors (Lipinski definition) is 2. The van der Waals surface area contributed by atoms with E-state index in [1.54, 1.807) is 42.4 Å². The Bertz CT molecular complexity index is 1790. The first-order valence-corrected chi connectivity index (χ1v) is 16.0. The largest absolute Gasteiger partial charge is 0.378 e. The van der Waals surface area contributed by atoms with Gasteiger partial charge in [-0.1, -0.05) is 24.3 Å². The van der Waals surface area contributed by atoms with Gasteiger partial charge in [0.1, 0.15) is 0 Å². The molecule has 0 spiro atoms. The summed E-state index contributed by atoms with van der Waals surface area (Å²) in [5, 5.41) is 6.18. The molecule has 0 radical (unpaired) electrons. The molecule has 2 amide bonds. The Morgan fingerprint density at radius 3 is 2.23 bits per heavy atom. The number of hydrogen-bond acceptors (Lipinski definition) is 8. The molecule has 4 aromatic rings. The third kappa shape index (κ3) is 7.60. The van der Waals surface area contributed by atoms with Gasteiger partial charge in [0.15, 0.2) is 5.82 Å². The van der Waals surface area contributed by atoms with Crippen LogP contribution >= 0.6 is 0 Å². The first-order valence-electron chi connectivity index (χ1n) is 16.0. The summed E-state index contributed by atoms with van der Waals surface area (Å²) in [6, 6.07) is 20.4. The van der Waals surface area contributed by atoms with Crippen molar-refractivity contribution in [1.82, 2.24) is 24.3 Å². The van der Waals surface area contributed by atoms with E-state index in [2.05, 4.69) is 32.5 Å². The highest BCUT2D eigenvalue weighted by Gasteiger charge is 2.19. The first-order chi connectivity index (χ1) is 22.7. The summed E-state index contributed by atoms with van der Waals surface area (Å²) < 4.78 is 6.83. The summed E-state index contributed by atoms with van der Waals surface area (Å²) in [4.78, 5) is 50.3. The Kier molecular flexibility index (Phi) is 9.76. The molecule has 2 N–H and O–H groups in total. The number of aromatic nitrogens is 2. The molecule has 2 aliphatic rings. The number of benzene rings is 3. The lowest BCUT2D eigenvalue weighted by atomic mass is 10.0. The van der Waals surface area contributed by atoms with E-state index in [-0.39, 0.29) is 23.2 Å². The van der Waals surface area contributed by atoms with E-state index in [1.165, 1.54) is 10.1 Å². The topological polar surface area (TPSA) is 112 Å². The van der Waals surface area contributed by atoms with Crippen molar-refractivity contribution in [3.8, 4) is 11.3 Å². The van der Waals surface area contributed by atoms with Crippen LogP contribution in [0.5, 0.6) is 0 Å². The molecule has 11 heteroatoms. The van der Waals surface area contributed by atoms with Crippen LogP contribution in [0, 0.1) is 6.92 Å². The van der Waals surface area contributed by atoms with E-state index in [9.17, 15) is 14.4 Å². The number of likely N-dealkylation sites (N-methyl/N-ethyl adjacent to an activating group) is 1. The van der Waals surface area contributed by atoms with Crippen LogP contribution in [0.3, 0.4) is 0 Å². The van der Waals surface area contributed by atoms with Gasteiger partial charge < -0.3 is 29.7 Å². The zero-order valence-corrected chi connectivity index (χ0v) is 27.2. The van der Waals surface area contributed by atoms with Gasteiger partial charge in [-0.3, -0.25) is 19.3 Å². The van der Waals surface area contributed by atoms with Gasteiger partial charge in [-0.15, -0.1) is 0 Å². The number of morpholine rings is 1. The fourth-order valence-electron chi connectivity index (χ4n) is 5.87. The van der Waals surface area contributed by atoms with E-state index in [1.807, 2.05) is 49.4 Å². The minimum absolute atomic E-state index is 0.0448. The van der Waals surface area contributed by atoms with Crippen LogP contribution < -0.4 is 16.2 Å². The maximum absolute atomic E-state index is 13.2. The van der Waals surface area contributed by atoms with Crippen molar-refractivity contribution < 1.29 is 14.3 Å².